The first-order valence-electron chi connectivity index (χ1n) is 14.2. The lowest BCUT2D eigenvalue weighted by Crippen LogP contribution is -2.62. The second-order valence-corrected chi connectivity index (χ2v) is 12.7. The number of benzene rings is 2. The van der Waals surface area contributed by atoms with E-state index in [1.807, 2.05) is 45.2 Å². The number of nitrogens with zero attached hydrogens (tertiary/aromatic N) is 2. The lowest BCUT2D eigenvalue weighted by Gasteiger charge is -2.40. The number of carbonyl (C=O) groups excluding carboxylic acids is 2. The monoisotopic (exact) mass is 583 g/mol. The first-order chi connectivity index (χ1) is 19.4. The number of unbranched alkanes of at least 4 members (excludes halogenated alkanes) is 2. The van der Waals surface area contributed by atoms with Gasteiger partial charge >= 0.3 is 5.91 Å². The molecule has 0 spiro atoms. The maximum absolute atomic E-state index is 13.6. The van der Waals surface area contributed by atoms with Crippen molar-refractivity contribution in [2.75, 3.05) is 11.8 Å². The van der Waals surface area contributed by atoms with Crippen LogP contribution in [0.4, 0.5) is 5.88 Å². The van der Waals surface area contributed by atoms with Crippen LogP contribution in [0, 0.1) is 19.8 Å². The molecule has 3 atom stereocenters. The Hall–Kier alpha value is -3.50. The first kappa shape index (κ1) is 32.0. The van der Waals surface area contributed by atoms with Gasteiger partial charge in [-0.1, -0.05) is 81.2 Å². The molecule has 41 heavy (non-hydrogen) atoms. The van der Waals surface area contributed by atoms with Crippen LogP contribution < -0.4 is 10.5 Å². The molecule has 1 heterocycles. The van der Waals surface area contributed by atoms with Gasteiger partial charge in [0.05, 0.1) is 24.1 Å². The zero-order chi connectivity index (χ0) is 30.4. The molecule has 2 aromatic carbocycles. The van der Waals surface area contributed by atoms with Gasteiger partial charge in [0.25, 0.3) is 15.9 Å². The van der Waals surface area contributed by atoms with Crippen LogP contribution in [0.25, 0.3) is 11.1 Å². The Kier molecular flexibility index (Phi) is 10.5. The second-order valence-electron chi connectivity index (χ2n) is 11.0. The van der Waals surface area contributed by atoms with E-state index in [1.54, 1.807) is 32.0 Å². The van der Waals surface area contributed by atoms with Crippen molar-refractivity contribution in [2.24, 2.45) is 11.7 Å². The lowest BCUT2D eigenvalue weighted by atomic mass is 9.93. The number of quaternary nitrogens is 1. The third-order valence-corrected chi connectivity index (χ3v) is 9.38. The lowest BCUT2D eigenvalue weighted by molar-refractivity contribution is -0.868. The Morgan fingerprint density at radius 2 is 1.71 bits per heavy atom. The molecular formula is C31H43N4O5S+. The summed E-state index contributed by atoms with van der Waals surface area (Å²) in [5, 5.41) is 3.83. The highest BCUT2D eigenvalue weighted by Crippen LogP contribution is 2.32. The van der Waals surface area contributed by atoms with Gasteiger partial charge in [-0.25, -0.2) is 22.4 Å². The molecule has 1 aromatic heterocycles. The van der Waals surface area contributed by atoms with Gasteiger partial charge in [-0.15, -0.1) is 0 Å². The number of amides is 2. The van der Waals surface area contributed by atoms with Crippen molar-refractivity contribution in [3.63, 3.8) is 0 Å². The molecule has 0 saturated carbocycles. The van der Waals surface area contributed by atoms with E-state index in [4.69, 9.17) is 10.3 Å². The molecule has 1 unspecified atom stereocenters. The Morgan fingerprint density at radius 1 is 1.05 bits per heavy atom. The summed E-state index contributed by atoms with van der Waals surface area (Å²) < 4.78 is 34.3. The van der Waals surface area contributed by atoms with Gasteiger partial charge in [0, 0.05) is 22.6 Å². The van der Waals surface area contributed by atoms with Crippen molar-refractivity contribution in [1.82, 2.24) is 5.16 Å². The summed E-state index contributed by atoms with van der Waals surface area (Å²) in [7, 11) is -2.17. The molecule has 0 aliphatic carbocycles. The third kappa shape index (κ3) is 7.23. The van der Waals surface area contributed by atoms with E-state index in [2.05, 4.69) is 16.8 Å². The van der Waals surface area contributed by atoms with Crippen LogP contribution >= 0.6 is 0 Å². The molecule has 3 N–H and O–H groups in total. The van der Waals surface area contributed by atoms with E-state index < -0.39 is 22.0 Å². The fourth-order valence-electron chi connectivity index (χ4n) is 5.27. The molecule has 0 aliphatic heterocycles. The molecule has 2 amide bonds. The molecule has 3 aromatic rings. The molecule has 10 heteroatoms. The van der Waals surface area contributed by atoms with Gasteiger partial charge in [-0.05, 0) is 38.3 Å². The number of aromatic nitrogens is 1. The molecule has 3 rings (SSSR count). The minimum absolute atomic E-state index is 0.00733. The molecule has 222 valence electrons. The SMILES string of the molecule is CCCCCC(=O)[N+](C)(Cc1ccc(-c2ccccc2S(=O)(=O)Nc2onc(C)c2C)cc1)[C@H](C(N)=O)[C@@H](C)CC. The van der Waals surface area contributed by atoms with E-state index in [0.29, 0.717) is 35.3 Å². The third-order valence-electron chi connectivity index (χ3n) is 7.99. The van der Waals surface area contributed by atoms with Crippen molar-refractivity contribution in [1.29, 1.82) is 0 Å². The van der Waals surface area contributed by atoms with Crippen molar-refractivity contribution < 1.29 is 27.0 Å². The number of primary amides is 1. The predicted octanol–water partition coefficient (Wildman–Crippen LogP) is 5.71. The average molecular weight is 584 g/mol. The fraction of sp³-hybridized carbons (Fsp3) is 0.452. The van der Waals surface area contributed by atoms with Gasteiger partial charge in [0.1, 0.15) is 6.54 Å². The minimum atomic E-state index is -3.98. The summed E-state index contributed by atoms with van der Waals surface area (Å²) in [5.41, 5.74) is 9.17. The number of likely N-dealkylation sites (N-methyl/N-ethyl adjacent to an activating group) is 1. The zero-order valence-electron chi connectivity index (χ0n) is 24.9. The summed E-state index contributed by atoms with van der Waals surface area (Å²) >= 11 is 0. The van der Waals surface area contributed by atoms with Gasteiger partial charge in [-0.3, -0.25) is 4.79 Å². The summed E-state index contributed by atoms with van der Waals surface area (Å²) in [6.45, 7) is 9.81. The topological polar surface area (TPSA) is 132 Å². The van der Waals surface area contributed by atoms with Crippen LogP contribution in [0.15, 0.2) is 57.9 Å². The number of hydrogen-bond acceptors (Lipinski definition) is 6. The highest BCUT2D eigenvalue weighted by Gasteiger charge is 2.45. The van der Waals surface area contributed by atoms with Crippen LogP contribution in [0.5, 0.6) is 0 Å². The smallest absolute Gasteiger partial charge is 0.314 e. The van der Waals surface area contributed by atoms with Crippen molar-refractivity contribution in [3.05, 3.63) is 65.4 Å². The number of carbonyl (C=O) groups is 2. The van der Waals surface area contributed by atoms with Gasteiger partial charge in [0.2, 0.25) is 5.88 Å². The number of sulfonamides is 1. The molecule has 0 fully saturated rings. The predicted molar refractivity (Wildman–Crippen MR) is 160 cm³/mol. The summed E-state index contributed by atoms with van der Waals surface area (Å²) in [6, 6.07) is 13.5. The largest absolute Gasteiger partial charge is 0.364 e. The molecular weight excluding hydrogens is 540 g/mol. The van der Waals surface area contributed by atoms with E-state index in [0.717, 1.165) is 31.2 Å². The van der Waals surface area contributed by atoms with Gasteiger partial charge in [0.15, 0.2) is 6.04 Å². The number of aryl methyl sites for hydroxylation is 1. The Balaban J connectivity index is 1.95. The maximum atomic E-state index is 13.6. The Labute approximate surface area is 243 Å². The second kappa shape index (κ2) is 13.4. The molecule has 0 aliphatic rings. The van der Waals surface area contributed by atoms with Crippen molar-refractivity contribution >= 4 is 27.7 Å². The highest BCUT2D eigenvalue weighted by molar-refractivity contribution is 7.92. The van der Waals surface area contributed by atoms with Crippen molar-refractivity contribution in [2.45, 2.75) is 84.2 Å². The van der Waals surface area contributed by atoms with E-state index in [1.165, 1.54) is 6.07 Å². The summed E-state index contributed by atoms with van der Waals surface area (Å²) in [4.78, 5) is 26.4. The molecule has 0 bridgehead atoms. The molecule has 0 saturated heterocycles. The number of anilines is 1. The summed E-state index contributed by atoms with van der Waals surface area (Å²) in [6.07, 6.45) is 3.80. The molecule has 9 nitrogen and oxygen atoms in total. The number of hydrogen-bond donors (Lipinski definition) is 2. The fourth-order valence-corrected chi connectivity index (χ4v) is 6.54. The van der Waals surface area contributed by atoms with Crippen LogP contribution in [0.1, 0.15) is 69.7 Å². The van der Waals surface area contributed by atoms with Gasteiger partial charge < -0.3 is 10.3 Å². The van der Waals surface area contributed by atoms with Crippen LogP contribution in [0.2, 0.25) is 0 Å². The Bertz CT molecular complexity index is 1470. The number of rotatable bonds is 14. The average Bonchev–Trinajstić information content (AvgIpc) is 3.24. The van der Waals surface area contributed by atoms with E-state index in [-0.39, 0.29) is 27.1 Å². The number of nitrogens with two attached hydrogens (primary N) is 1. The maximum Gasteiger partial charge on any atom is 0.314 e. The van der Waals surface area contributed by atoms with Crippen LogP contribution in [0.3, 0.4) is 0 Å². The number of nitrogens with one attached hydrogen (secondary N) is 1. The first-order valence-corrected chi connectivity index (χ1v) is 15.7. The van der Waals surface area contributed by atoms with Gasteiger partial charge in [-0.2, -0.15) is 0 Å². The van der Waals surface area contributed by atoms with E-state index in [9.17, 15) is 18.0 Å². The van der Waals surface area contributed by atoms with E-state index >= 15 is 0 Å². The zero-order valence-corrected chi connectivity index (χ0v) is 25.8. The Morgan fingerprint density at radius 3 is 2.27 bits per heavy atom. The van der Waals surface area contributed by atoms with Crippen LogP contribution in [-0.4, -0.2) is 43.0 Å². The van der Waals surface area contributed by atoms with Crippen molar-refractivity contribution in [3.8, 4) is 11.1 Å². The van der Waals surface area contributed by atoms with Crippen LogP contribution in [-0.2, 0) is 26.2 Å². The minimum Gasteiger partial charge on any atom is -0.364 e. The quantitative estimate of drug-likeness (QED) is 0.184. The normalized spacial score (nSPS) is 14.7. The molecule has 0 radical (unpaired) electrons. The standard InChI is InChI=1S/C31H42N4O5S/c1-7-9-10-15-28(36)35(6,29(30(32)37)21(3)8-2)20-24-16-18-25(19-17-24)26-13-11-12-14-27(26)41(38,39)34-31-22(4)23(5)33-40-31/h11-14,16-19,21,29H,7-10,15,20H2,1-6H3,(H2-,32,33,34,37)/p+1/t21-,29-,35?/m0/s1. The highest BCUT2D eigenvalue weighted by atomic mass is 32.2. The summed E-state index contributed by atoms with van der Waals surface area (Å²) in [5.74, 6) is -0.481.